The van der Waals surface area contributed by atoms with Crippen molar-refractivity contribution in [2.75, 3.05) is 12.4 Å². The maximum Gasteiger partial charge on any atom is 0.341 e. The molecule has 1 amide bonds. The number of methoxy groups -OCH3 is 1. The number of benzene rings is 2. The molecule has 2 aromatic rings. The van der Waals surface area contributed by atoms with Gasteiger partial charge in [-0.3, -0.25) is 4.79 Å². The van der Waals surface area contributed by atoms with Crippen LogP contribution < -0.4 is 5.32 Å². The van der Waals surface area contributed by atoms with Crippen LogP contribution in [0.5, 0.6) is 5.75 Å². The molecular formula is C17H15NO4. The lowest BCUT2D eigenvalue weighted by Crippen LogP contribution is -2.09. The van der Waals surface area contributed by atoms with Crippen molar-refractivity contribution in [3.05, 3.63) is 65.7 Å². The van der Waals surface area contributed by atoms with Crippen LogP contribution in [-0.4, -0.2) is 24.1 Å². The number of phenolic OH excluding ortho intramolecular Hbond substituents is 1. The topological polar surface area (TPSA) is 75.6 Å². The van der Waals surface area contributed by atoms with Crippen molar-refractivity contribution in [2.24, 2.45) is 0 Å². The van der Waals surface area contributed by atoms with Crippen LogP contribution in [0, 0.1) is 0 Å². The molecule has 0 saturated carbocycles. The van der Waals surface area contributed by atoms with E-state index >= 15 is 0 Å². The average Bonchev–Trinajstić information content (AvgIpc) is 2.55. The van der Waals surface area contributed by atoms with Crippen molar-refractivity contribution in [1.82, 2.24) is 0 Å². The van der Waals surface area contributed by atoms with E-state index in [1.807, 2.05) is 30.3 Å². The fourth-order valence-electron chi connectivity index (χ4n) is 1.81. The van der Waals surface area contributed by atoms with Crippen molar-refractivity contribution in [3.63, 3.8) is 0 Å². The lowest BCUT2D eigenvalue weighted by Gasteiger charge is -2.06. The number of nitrogens with one attached hydrogen (secondary N) is 1. The molecule has 0 saturated heterocycles. The highest BCUT2D eigenvalue weighted by Gasteiger charge is 2.12. The van der Waals surface area contributed by atoms with Gasteiger partial charge in [0.05, 0.1) is 7.11 Å². The number of anilines is 1. The van der Waals surface area contributed by atoms with Crippen LogP contribution in [0.4, 0.5) is 5.69 Å². The third-order valence-electron chi connectivity index (χ3n) is 2.90. The van der Waals surface area contributed by atoms with E-state index in [4.69, 9.17) is 0 Å². The van der Waals surface area contributed by atoms with Gasteiger partial charge in [-0.2, -0.15) is 0 Å². The Morgan fingerprint density at radius 1 is 1.14 bits per heavy atom. The van der Waals surface area contributed by atoms with Gasteiger partial charge in [0.15, 0.2) is 0 Å². The van der Waals surface area contributed by atoms with Crippen LogP contribution in [0.25, 0.3) is 6.08 Å². The van der Waals surface area contributed by atoms with Crippen LogP contribution in [0.15, 0.2) is 54.6 Å². The van der Waals surface area contributed by atoms with Crippen molar-refractivity contribution in [3.8, 4) is 5.75 Å². The molecule has 0 unspecified atom stereocenters. The smallest absolute Gasteiger partial charge is 0.341 e. The molecule has 0 bridgehead atoms. The van der Waals surface area contributed by atoms with Gasteiger partial charge in [0.1, 0.15) is 11.3 Å². The summed E-state index contributed by atoms with van der Waals surface area (Å²) in [6, 6.07) is 13.6. The van der Waals surface area contributed by atoms with Gasteiger partial charge in [0.2, 0.25) is 5.91 Å². The van der Waals surface area contributed by atoms with E-state index in [-0.39, 0.29) is 17.2 Å². The van der Waals surface area contributed by atoms with Gasteiger partial charge in [-0.15, -0.1) is 0 Å². The van der Waals surface area contributed by atoms with E-state index in [0.717, 1.165) is 5.56 Å². The zero-order valence-corrected chi connectivity index (χ0v) is 11.9. The minimum atomic E-state index is -0.673. The Hall–Kier alpha value is -3.08. The highest BCUT2D eigenvalue weighted by Crippen LogP contribution is 2.22. The SMILES string of the molecule is COC(=O)c1cc(NC(=O)/C=C\c2ccccc2)ccc1O. The van der Waals surface area contributed by atoms with E-state index in [2.05, 4.69) is 10.1 Å². The molecule has 0 heterocycles. The summed E-state index contributed by atoms with van der Waals surface area (Å²) in [5.74, 6) is -1.22. The molecule has 0 aliphatic heterocycles. The monoisotopic (exact) mass is 297 g/mol. The number of carbonyl (C=O) groups is 2. The Morgan fingerprint density at radius 3 is 2.55 bits per heavy atom. The second-order valence-corrected chi connectivity index (χ2v) is 4.46. The molecule has 2 N–H and O–H groups in total. The van der Waals surface area contributed by atoms with Gasteiger partial charge in [-0.25, -0.2) is 4.79 Å². The summed E-state index contributed by atoms with van der Waals surface area (Å²) in [5, 5.41) is 12.2. The number of phenols is 1. The molecule has 112 valence electrons. The molecule has 22 heavy (non-hydrogen) atoms. The minimum absolute atomic E-state index is 0.00709. The first-order valence-corrected chi connectivity index (χ1v) is 6.55. The van der Waals surface area contributed by atoms with Crippen LogP contribution in [0.3, 0.4) is 0 Å². The first kappa shape index (κ1) is 15.3. The normalized spacial score (nSPS) is 10.4. The van der Waals surface area contributed by atoms with E-state index in [0.29, 0.717) is 5.69 Å². The Labute approximate surface area is 127 Å². The number of hydrogen-bond donors (Lipinski definition) is 2. The van der Waals surface area contributed by atoms with E-state index in [1.54, 1.807) is 6.08 Å². The molecular weight excluding hydrogens is 282 g/mol. The Bertz CT molecular complexity index is 708. The number of ether oxygens (including phenoxy) is 1. The molecule has 0 spiro atoms. The fourth-order valence-corrected chi connectivity index (χ4v) is 1.81. The minimum Gasteiger partial charge on any atom is -0.507 e. The van der Waals surface area contributed by atoms with Crippen LogP contribution in [-0.2, 0) is 9.53 Å². The summed E-state index contributed by atoms with van der Waals surface area (Å²) in [5.41, 5.74) is 1.28. The number of rotatable bonds is 4. The molecule has 0 radical (unpaired) electrons. The quantitative estimate of drug-likeness (QED) is 0.517. The number of aromatic hydroxyl groups is 1. The number of hydrogen-bond acceptors (Lipinski definition) is 4. The van der Waals surface area contributed by atoms with Crippen LogP contribution in [0.2, 0.25) is 0 Å². The van der Waals surface area contributed by atoms with E-state index < -0.39 is 5.97 Å². The Balaban J connectivity index is 2.09. The summed E-state index contributed by atoms with van der Waals surface area (Å²) in [6.07, 6.45) is 3.07. The second-order valence-electron chi connectivity index (χ2n) is 4.46. The van der Waals surface area contributed by atoms with Crippen LogP contribution in [0.1, 0.15) is 15.9 Å². The van der Waals surface area contributed by atoms with E-state index in [1.165, 1.54) is 31.4 Å². The van der Waals surface area contributed by atoms with Gasteiger partial charge in [0, 0.05) is 11.8 Å². The molecule has 5 heteroatoms. The van der Waals surface area contributed by atoms with Gasteiger partial charge in [-0.05, 0) is 29.8 Å². The van der Waals surface area contributed by atoms with Gasteiger partial charge in [-0.1, -0.05) is 30.3 Å². The number of esters is 1. The standard InChI is InChI=1S/C17H15NO4/c1-22-17(21)14-11-13(8-9-15(14)19)18-16(20)10-7-12-5-3-2-4-6-12/h2-11,19H,1H3,(H,18,20)/b10-7-. The van der Waals surface area contributed by atoms with Gasteiger partial charge in [0.25, 0.3) is 0 Å². The number of amides is 1. The molecule has 2 rings (SSSR count). The second kappa shape index (κ2) is 7.08. The molecule has 0 atom stereocenters. The molecule has 0 aliphatic rings. The maximum absolute atomic E-state index is 11.8. The van der Waals surface area contributed by atoms with Crippen LogP contribution >= 0.6 is 0 Å². The summed E-state index contributed by atoms with van der Waals surface area (Å²) in [6.45, 7) is 0. The fraction of sp³-hybridized carbons (Fsp3) is 0.0588. The largest absolute Gasteiger partial charge is 0.507 e. The lowest BCUT2D eigenvalue weighted by molar-refractivity contribution is -0.111. The zero-order valence-electron chi connectivity index (χ0n) is 11.9. The highest BCUT2D eigenvalue weighted by molar-refractivity contribution is 6.03. The average molecular weight is 297 g/mol. The molecule has 0 aromatic heterocycles. The Morgan fingerprint density at radius 2 is 1.86 bits per heavy atom. The summed E-state index contributed by atoms with van der Waals surface area (Å²) < 4.78 is 4.56. The van der Waals surface area contributed by atoms with Gasteiger partial charge >= 0.3 is 5.97 Å². The van der Waals surface area contributed by atoms with Crippen molar-refractivity contribution in [2.45, 2.75) is 0 Å². The highest BCUT2D eigenvalue weighted by atomic mass is 16.5. The summed E-state index contributed by atoms with van der Waals surface area (Å²) in [7, 11) is 1.22. The Kier molecular flexibility index (Phi) is 4.93. The third-order valence-corrected chi connectivity index (χ3v) is 2.90. The summed E-state index contributed by atoms with van der Waals surface area (Å²) in [4.78, 5) is 23.3. The molecule has 0 aliphatic carbocycles. The van der Waals surface area contributed by atoms with E-state index in [9.17, 15) is 14.7 Å². The first-order chi connectivity index (χ1) is 10.6. The van der Waals surface area contributed by atoms with Gasteiger partial charge < -0.3 is 15.2 Å². The third kappa shape index (κ3) is 3.96. The predicted octanol–water partition coefficient (Wildman–Crippen LogP) is 2.83. The van der Waals surface area contributed by atoms with Crippen molar-refractivity contribution < 1.29 is 19.4 Å². The number of carbonyl (C=O) groups excluding carboxylic acids is 2. The zero-order chi connectivity index (χ0) is 15.9. The summed E-state index contributed by atoms with van der Waals surface area (Å²) >= 11 is 0. The predicted molar refractivity (Wildman–Crippen MR) is 83.6 cm³/mol. The lowest BCUT2D eigenvalue weighted by atomic mass is 10.1. The van der Waals surface area contributed by atoms with Crippen molar-refractivity contribution >= 4 is 23.6 Å². The molecule has 0 fully saturated rings. The van der Waals surface area contributed by atoms with Crippen molar-refractivity contribution in [1.29, 1.82) is 0 Å². The molecule has 2 aromatic carbocycles. The maximum atomic E-state index is 11.8. The first-order valence-electron chi connectivity index (χ1n) is 6.55. The molecule has 5 nitrogen and oxygen atoms in total.